The van der Waals surface area contributed by atoms with Crippen molar-refractivity contribution in [2.75, 3.05) is 6.61 Å². The number of carbonyl (C=O) groups is 1. The number of carbonyl (C=O) groups excluding carboxylic acids is 1. The number of benzene rings is 1. The standard InChI is InChI=1S/C19H25N3O2/c1-14-11-20-21(12-14)10-9-18(23)22-15(2)13-24-19(16(22)3)17-7-5-4-6-8-17/h4-8,11-12,15-16,19H,9-10,13H2,1-3H3/t15-,16+,19+/m1/s1. The fraction of sp³-hybridized carbons (Fsp3) is 0.474. The van der Waals surface area contributed by atoms with E-state index in [1.807, 2.05) is 54.0 Å². The molecule has 0 N–H and O–H groups in total. The lowest BCUT2D eigenvalue weighted by atomic mass is 9.98. The minimum atomic E-state index is -0.0710. The van der Waals surface area contributed by atoms with Crippen molar-refractivity contribution in [1.29, 1.82) is 0 Å². The molecular weight excluding hydrogens is 302 g/mol. The van der Waals surface area contributed by atoms with E-state index in [2.05, 4.69) is 24.2 Å². The highest BCUT2D eigenvalue weighted by atomic mass is 16.5. The molecule has 1 amide bonds. The van der Waals surface area contributed by atoms with Gasteiger partial charge < -0.3 is 9.64 Å². The number of hydrogen-bond donors (Lipinski definition) is 0. The van der Waals surface area contributed by atoms with Crippen molar-refractivity contribution in [1.82, 2.24) is 14.7 Å². The zero-order chi connectivity index (χ0) is 17.1. The van der Waals surface area contributed by atoms with Crippen LogP contribution in [-0.2, 0) is 16.1 Å². The second kappa shape index (κ2) is 7.18. The zero-order valence-corrected chi connectivity index (χ0v) is 14.6. The van der Waals surface area contributed by atoms with E-state index < -0.39 is 0 Å². The van der Waals surface area contributed by atoms with E-state index in [9.17, 15) is 4.79 Å². The molecule has 128 valence electrons. The van der Waals surface area contributed by atoms with Crippen LogP contribution in [0.4, 0.5) is 0 Å². The Kier molecular flexibility index (Phi) is 5.00. The van der Waals surface area contributed by atoms with E-state index in [0.29, 0.717) is 19.6 Å². The molecular formula is C19H25N3O2. The summed E-state index contributed by atoms with van der Waals surface area (Å²) in [6, 6.07) is 10.2. The minimum Gasteiger partial charge on any atom is -0.369 e. The molecule has 3 atom stereocenters. The highest BCUT2D eigenvalue weighted by molar-refractivity contribution is 5.77. The third-order valence-corrected chi connectivity index (χ3v) is 4.60. The second-order valence-electron chi connectivity index (χ2n) is 6.59. The van der Waals surface area contributed by atoms with Gasteiger partial charge in [0.15, 0.2) is 0 Å². The van der Waals surface area contributed by atoms with Crippen LogP contribution >= 0.6 is 0 Å². The molecule has 1 fully saturated rings. The van der Waals surface area contributed by atoms with Crippen LogP contribution in [0, 0.1) is 6.92 Å². The third-order valence-electron chi connectivity index (χ3n) is 4.60. The molecule has 0 aliphatic carbocycles. The van der Waals surface area contributed by atoms with Crippen LogP contribution in [0.3, 0.4) is 0 Å². The molecule has 24 heavy (non-hydrogen) atoms. The van der Waals surface area contributed by atoms with Gasteiger partial charge in [-0.2, -0.15) is 5.10 Å². The lowest BCUT2D eigenvalue weighted by molar-refractivity contribution is -0.153. The smallest absolute Gasteiger partial charge is 0.225 e. The van der Waals surface area contributed by atoms with Gasteiger partial charge in [-0.15, -0.1) is 0 Å². The van der Waals surface area contributed by atoms with Crippen molar-refractivity contribution in [2.45, 2.75) is 51.9 Å². The number of aromatic nitrogens is 2. The molecule has 1 aliphatic rings. The van der Waals surface area contributed by atoms with Crippen LogP contribution < -0.4 is 0 Å². The third kappa shape index (κ3) is 3.51. The highest BCUT2D eigenvalue weighted by Crippen LogP contribution is 2.31. The molecule has 0 saturated carbocycles. The zero-order valence-electron chi connectivity index (χ0n) is 14.6. The summed E-state index contributed by atoms with van der Waals surface area (Å²) in [4.78, 5) is 14.8. The minimum absolute atomic E-state index is 0.0167. The highest BCUT2D eigenvalue weighted by Gasteiger charge is 2.36. The summed E-state index contributed by atoms with van der Waals surface area (Å²) in [7, 11) is 0. The molecule has 2 heterocycles. The molecule has 0 spiro atoms. The van der Waals surface area contributed by atoms with Crippen LogP contribution in [0.25, 0.3) is 0 Å². The summed E-state index contributed by atoms with van der Waals surface area (Å²) in [6.07, 6.45) is 4.16. The molecule has 5 heteroatoms. The fourth-order valence-electron chi connectivity index (χ4n) is 3.43. The van der Waals surface area contributed by atoms with Gasteiger partial charge in [0.2, 0.25) is 5.91 Å². The Hall–Kier alpha value is -2.14. The molecule has 5 nitrogen and oxygen atoms in total. The van der Waals surface area contributed by atoms with Gasteiger partial charge in [-0.3, -0.25) is 9.48 Å². The van der Waals surface area contributed by atoms with Crippen LogP contribution in [0.1, 0.15) is 37.5 Å². The summed E-state index contributed by atoms with van der Waals surface area (Å²) in [6.45, 7) is 7.30. The first-order chi connectivity index (χ1) is 11.6. The van der Waals surface area contributed by atoms with Crippen LogP contribution in [0.2, 0.25) is 0 Å². The predicted molar refractivity (Wildman–Crippen MR) is 92.5 cm³/mol. The van der Waals surface area contributed by atoms with Crippen molar-refractivity contribution in [2.24, 2.45) is 0 Å². The van der Waals surface area contributed by atoms with Gasteiger partial charge in [0.05, 0.1) is 24.9 Å². The number of hydrogen-bond acceptors (Lipinski definition) is 3. The maximum absolute atomic E-state index is 12.8. The lowest BCUT2D eigenvalue weighted by Crippen LogP contribution is -2.53. The van der Waals surface area contributed by atoms with Crippen molar-refractivity contribution in [3.8, 4) is 0 Å². The van der Waals surface area contributed by atoms with E-state index >= 15 is 0 Å². The molecule has 0 radical (unpaired) electrons. The number of rotatable bonds is 4. The second-order valence-corrected chi connectivity index (χ2v) is 6.59. The summed E-state index contributed by atoms with van der Waals surface area (Å²) in [5, 5.41) is 4.25. The van der Waals surface area contributed by atoms with E-state index in [1.54, 1.807) is 0 Å². The first-order valence-corrected chi connectivity index (χ1v) is 8.53. The molecule has 0 bridgehead atoms. The summed E-state index contributed by atoms with van der Waals surface area (Å²) < 4.78 is 7.85. The Morgan fingerprint density at radius 3 is 2.71 bits per heavy atom. The van der Waals surface area contributed by atoms with Gasteiger partial charge in [0, 0.05) is 19.2 Å². The largest absolute Gasteiger partial charge is 0.369 e. The van der Waals surface area contributed by atoms with Gasteiger partial charge in [-0.1, -0.05) is 30.3 Å². The monoisotopic (exact) mass is 327 g/mol. The van der Waals surface area contributed by atoms with Crippen LogP contribution in [-0.4, -0.2) is 39.3 Å². The Labute approximate surface area is 143 Å². The van der Waals surface area contributed by atoms with E-state index in [0.717, 1.165) is 11.1 Å². The van der Waals surface area contributed by atoms with Gasteiger partial charge >= 0.3 is 0 Å². The molecule has 0 unspecified atom stereocenters. The summed E-state index contributed by atoms with van der Waals surface area (Å²) in [5.41, 5.74) is 2.23. The quantitative estimate of drug-likeness (QED) is 0.867. The van der Waals surface area contributed by atoms with Crippen molar-refractivity contribution < 1.29 is 9.53 Å². The van der Waals surface area contributed by atoms with Crippen LogP contribution in [0.5, 0.6) is 0 Å². The van der Waals surface area contributed by atoms with Crippen molar-refractivity contribution in [3.05, 3.63) is 53.9 Å². The number of ether oxygens (including phenoxy) is 1. The van der Waals surface area contributed by atoms with Gasteiger partial charge in [0.25, 0.3) is 0 Å². The van der Waals surface area contributed by atoms with Gasteiger partial charge in [-0.05, 0) is 31.9 Å². The maximum Gasteiger partial charge on any atom is 0.225 e. The molecule has 2 aromatic rings. The Morgan fingerprint density at radius 2 is 2.04 bits per heavy atom. The first kappa shape index (κ1) is 16.7. The van der Waals surface area contributed by atoms with E-state index in [4.69, 9.17) is 4.74 Å². The van der Waals surface area contributed by atoms with E-state index in [-0.39, 0.29) is 24.1 Å². The number of amides is 1. The summed E-state index contributed by atoms with van der Waals surface area (Å²) >= 11 is 0. The van der Waals surface area contributed by atoms with Crippen molar-refractivity contribution in [3.63, 3.8) is 0 Å². The van der Waals surface area contributed by atoms with Crippen LogP contribution in [0.15, 0.2) is 42.7 Å². The number of nitrogens with zero attached hydrogens (tertiary/aromatic N) is 3. The molecule has 3 rings (SSSR count). The topological polar surface area (TPSA) is 47.4 Å². The SMILES string of the molecule is Cc1cnn(CCC(=O)N2[C@H](C)CO[C@H](c3ccccc3)[C@@H]2C)c1. The molecule has 1 saturated heterocycles. The first-order valence-electron chi connectivity index (χ1n) is 8.53. The normalized spacial score (nSPS) is 24.1. The summed E-state index contributed by atoms with van der Waals surface area (Å²) in [5.74, 6) is 0.160. The number of aryl methyl sites for hydroxylation is 2. The predicted octanol–water partition coefficient (Wildman–Crippen LogP) is 2.96. The van der Waals surface area contributed by atoms with E-state index in [1.165, 1.54) is 0 Å². The Bertz CT molecular complexity index is 683. The van der Waals surface area contributed by atoms with Gasteiger partial charge in [0.1, 0.15) is 6.10 Å². The number of morpholine rings is 1. The fourth-order valence-corrected chi connectivity index (χ4v) is 3.43. The Morgan fingerprint density at radius 1 is 1.29 bits per heavy atom. The van der Waals surface area contributed by atoms with Gasteiger partial charge in [-0.25, -0.2) is 0 Å². The average molecular weight is 327 g/mol. The van der Waals surface area contributed by atoms with Crippen molar-refractivity contribution >= 4 is 5.91 Å². The lowest BCUT2D eigenvalue weighted by Gasteiger charge is -2.44. The maximum atomic E-state index is 12.8. The Balaban J connectivity index is 1.69. The molecule has 1 aliphatic heterocycles. The molecule has 1 aromatic carbocycles. The molecule has 1 aromatic heterocycles. The average Bonchev–Trinajstić information content (AvgIpc) is 2.99.